The zero-order valence-corrected chi connectivity index (χ0v) is 20.8. The molecule has 8 nitrogen and oxygen atoms in total. The fraction of sp³-hybridized carbons (Fsp3) is 0.652. The lowest BCUT2D eigenvalue weighted by Gasteiger charge is -2.38. The minimum Gasteiger partial charge on any atom is -0.494 e. The molecule has 2 rings (SSSR count). The zero-order chi connectivity index (χ0) is 24.6. The topological polar surface area (TPSA) is 106 Å². The molecular formula is C23H35Cl2NO7. The van der Waals surface area contributed by atoms with E-state index in [1.807, 2.05) is 6.07 Å². The van der Waals surface area contributed by atoms with Gasteiger partial charge in [-0.05, 0) is 50.4 Å². The van der Waals surface area contributed by atoms with Crippen LogP contribution in [0.1, 0.15) is 39.0 Å². The Balaban J connectivity index is 0.000000801. The standard InChI is InChI=1S/C21H33Cl2NO3.C2H2O4/c1-3-4-5-10-24-11-8-17(21(16-24)27-14-13-25-2)9-12-26-18-6-7-19(22)20(23)15-18;3-1(4)2(5)6/h6-7,15,17,21H,3-5,8-14,16H2,1-2H3;(H,3,4)(H,5,6)/t17-,21-;/m0./s1. The van der Waals surface area contributed by atoms with Gasteiger partial charge in [-0.2, -0.15) is 0 Å². The van der Waals surface area contributed by atoms with Crippen LogP contribution in [0.2, 0.25) is 10.0 Å². The molecule has 1 heterocycles. The van der Waals surface area contributed by atoms with Crippen LogP contribution in [0.3, 0.4) is 0 Å². The highest BCUT2D eigenvalue weighted by molar-refractivity contribution is 6.42. The second-order valence-electron chi connectivity index (χ2n) is 7.78. The summed E-state index contributed by atoms with van der Waals surface area (Å²) in [6.45, 7) is 7.51. The van der Waals surface area contributed by atoms with E-state index >= 15 is 0 Å². The van der Waals surface area contributed by atoms with Crippen molar-refractivity contribution in [2.45, 2.75) is 45.1 Å². The first-order valence-corrected chi connectivity index (χ1v) is 11.9. The number of piperidine rings is 1. The normalized spacial score (nSPS) is 18.3. The summed E-state index contributed by atoms with van der Waals surface area (Å²) in [7, 11) is 1.71. The monoisotopic (exact) mass is 507 g/mol. The molecule has 0 saturated carbocycles. The fourth-order valence-corrected chi connectivity index (χ4v) is 3.80. The Morgan fingerprint density at radius 3 is 2.42 bits per heavy atom. The van der Waals surface area contributed by atoms with Crippen LogP contribution in [0.4, 0.5) is 0 Å². The summed E-state index contributed by atoms with van der Waals surface area (Å²) in [6.07, 6.45) is 6.19. The van der Waals surface area contributed by atoms with E-state index < -0.39 is 11.9 Å². The maximum Gasteiger partial charge on any atom is 0.414 e. The number of methoxy groups -OCH3 is 1. The quantitative estimate of drug-likeness (QED) is 0.315. The first kappa shape index (κ1) is 29.5. The van der Waals surface area contributed by atoms with E-state index in [1.54, 1.807) is 19.2 Å². The van der Waals surface area contributed by atoms with Crippen LogP contribution in [0.5, 0.6) is 5.75 Å². The van der Waals surface area contributed by atoms with E-state index in [4.69, 9.17) is 57.2 Å². The Labute approximate surface area is 205 Å². The number of carbonyl (C=O) groups is 2. The highest BCUT2D eigenvalue weighted by Gasteiger charge is 2.29. The third-order valence-corrected chi connectivity index (χ3v) is 6.05. The largest absolute Gasteiger partial charge is 0.494 e. The molecule has 10 heteroatoms. The highest BCUT2D eigenvalue weighted by atomic mass is 35.5. The van der Waals surface area contributed by atoms with Gasteiger partial charge >= 0.3 is 11.9 Å². The molecule has 1 aromatic carbocycles. The van der Waals surface area contributed by atoms with Gasteiger partial charge in [-0.3, -0.25) is 0 Å². The number of ether oxygens (including phenoxy) is 3. The molecule has 0 aromatic heterocycles. The van der Waals surface area contributed by atoms with Gasteiger partial charge in [0, 0.05) is 19.7 Å². The third-order valence-electron chi connectivity index (χ3n) is 5.31. The Kier molecular flexibility index (Phi) is 15.1. The van der Waals surface area contributed by atoms with Crippen LogP contribution >= 0.6 is 23.2 Å². The smallest absolute Gasteiger partial charge is 0.414 e. The molecule has 0 amide bonds. The minimum absolute atomic E-state index is 0.243. The van der Waals surface area contributed by atoms with Gasteiger partial charge in [0.05, 0.1) is 36.0 Å². The number of carboxylic acid groups (broad SMARTS) is 2. The number of likely N-dealkylation sites (tertiary alicyclic amines) is 1. The Morgan fingerprint density at radius 1 is 1.09 bits per heavy atom. The average molecular weight is 508 g/mol. The lowest BCUT2D eigenvalue weighted by atomic mass is 9.90. The van der Waals surface area contributed by atoms with Gasteiger partial charge in [-0.15, -0.1) is 0 Å². The van der Waals surface area contributed by atoms with Crippen molar-refractivity contribution < 1.29 is 34.0 Å². The van der Waals surface area contributed by atoms with E-state index in [0.29, 0.717) is 35.8 Å². The molecule has 0 radical (unpaired) electrons. The van der Waals surface area contributed by atoms with Gasteiger partial charge < -0.3 is 29.3 Å². The molecule has 1 fully saturated rings. The first-order valence-electron chi connectivity index (χ1n) is 11.1. The molecule has 0 bridgehead atoms. The second kappa shape index (κ2) is 16.9. The summed E-state index contributed by atoms with van der Waals surface area (Å²) in [5, 5.41) is 15.9. The predicted octanol–water partition coefficient (Wildman–Crippen LogP) is 4.46. The molecule has 188 valence electrons. The molecule has 1 aliphatic rings. The molecule has 0 unspecified atom stereocenters. The van der Waals surface area contributed by atoms with Gasteiger partial charge in [0.2, 0.25) is 0 Å². The van der Waals surface area contributed by atoms with Gasteiger partial charge in [0.15, 0.2) is 0 Å². The Bertz CT molecular complexity index is 708. The van der Waals surface area contributed by atoms with Gasteiger partial charge in [0.1, 0.15) is 5.75 Å². The van der Waals surface area contributed by atoms with Crippen molar-refractivity contribution in [3.8, 4) is 5.75 Å². The summed E-state index contributed by atoms with van der Waals surface area (Å²) >= 11 is 12.0. The van der Waals surface area contributed by atoms with Crippen LogP contribution < -0.4 is 4.74 Å². The van der Waals surface area contributed by atoms with E-state index in [2.05, 4.69) is 11.8 Å². The van der Waals surface area contributed by atoms with E-state index in [1.165, 1.54) is 25.8 Å². The number of benzene rings is 1. The SMILES string of the molecule is CCCCCN1CC[C@@H](CCOc2ccc(Cl)c(Cl)c2)[C@@H](OCCOC)C1.O=C(O)C(=O)O. The van der Waals surface area contributed by atoms with Gasteiger partial charge in [-0.1, -0.05) is 43.0 Å². The van der Waals surface area contributed by atoms with Crippen LogP contribution in [0.15, 0.2) is 18.2 Å². The summed E-state index contributed by atoms with van der Waals surface area (Å²) < 4.78 is 17.2. The number of rotatable bonds is 12. The number of carboxylic acids is 2. The second-order valence-corrected chi connectivity index (χ2v) is 8.60. The molecule has 2 N–H and O–H groups in total. The number of hydrogen-bond donors (Lipinski definition) is 2. The summed E-state index contributed by atoms with van der Waals surface area (Å²) in [4.78, 5) is 20.7. The van der Waals surface area contributed by atoms with Crippen molar-refractivity contribution in [2.24, 2.45) is 5.92 Å². The number of hydrogen-bond acceptors (Lipinski definition) is 6. The molecule has 0 spiro atoms. The molecule has 1 aromatic rings. The van der Waals surface area contributed by atoms with Crippen LogP contribution in [-0.4, -0.2) is 79.7 Å². The third kappa shape index (κ3) is 12.5. The summed E-state index contributed by atoms with van der Waals surface area (Å²) in [5.41, 5.74) is 0. The van der Waals surface area contributed by atoms with Crippen LogP contribution in [0, 0.1) is 5.92 Å². The first-order chi connectivity index (χ1) is 15.8. The zero-order valence-electron chi connectivity index (χ0n) is 19.3. The minimum atomic E-state index is -1.82. The highest BCUT2D eigenvalue weighted by Crippen LogP contribution is 2.28. The molecule has 1 aliphatic heterocycles. The van der Waals surface area contributed by atoms with Crippen molar-refractivity contribution in [2.75, 3.05) is 46.6 Å². The van der Waals surface area contributed by atoms with Crippen molar-refractivity contribution in [3.05, 3.63) is 28.2 Å². The molecular weight excluding hydrogens is 473 g/mol. The van der Waals surface area contributed by atoms with Gasteiger partial charge in [-0.25, -0.2) is 9.59 Å². The van der Waals surface area contributed by atoms with Crippen molar-refractivity contribution in [3.63, 3.8) is 0 Å². The average Bonchev–Trinajstić information content (AvgIpc) is 2.78. The fourth-order valence-electron chi connectivity index (χ4n) is 3.51. The molecule has 1 saturated heterocycles. The van der Waals surface area contributed by atoms with E-state index in [0.717, 1.165) is 31.7 Å². The lowest BCUT2D eigenvalue weighted by molar-refractivity contribution is -0.159. The number of nitrogens with zero attached hydrogens (tertiary/aromatic N) is 1. The van der Waals surface area contributed by atoms with Gasteiger partial charge in [0.25, 0.3) is 0 Å². The number of aliphatic carboxylic acids is 2. The van der Waals surface area contributed by atoms with E-state index in [-0.39, 0.29) is 6.10 Å². The predicted molar refractivity (Wildman–Crippen MR) is 128 cm³/mol. The lowest BCUT2D eigenvalue weighted by Crippen LogP contribution is -2.46. The Morgan fingerprint density at radius 2 is 1.82 bits per heavy atom. The molecule has 2 atom stereocenters. The van der Waals surface area contributed by atoms with Crippen molar-refractivity contribution >= 4 is 35.1 Å². The Hall–Kier alpha value is -1.58. The maximum atomic E-state index is 9.10. The summed E-state index contributed by atoms with van der Waals surface area (Å²) in [5.74, 6) is -2.38. The maximum absolute atomic E-state index is 9.10. The number of unbranched alkanes of at least 4 members (excludes halogenated alkanes) is 2. The summed E-state index contributed by atoms with van der Waals surface area (Å²) in [6, 6.07) is 5.40. The van der Waals surface area contributed by atoms with Crippen molar-refractivity contribution in [1.82, 2.24) is 4.90 Å². The van der Waals surface area contributed by atoms with Crippen molar-refractivity contribution in [1.29, 1.82) is 0 Å². The van der Waals surface area contributed by atoms with E-state index in [9.17, 15) is 0 Å². The molecule has 33 heavy (non-hydrogen) atoms. The van der Waals surface area contributed by atoms with Crippen LogP contribution in [0.25, 0.3) is 0 Å². The molecule has 0 aliphatic carbocycles. The number of halogens is 2. The van der Waals surface area contributed by atoms with Crippen LogP contribution in [-0.2, 0) is 19.1 Å².